The molecule has 1 heterocycles. The monoisotopic (exact) mass is 318 g/mol. The molecule has 3 rings (SSSR count). The molecule has 3 heteroatoms. The van der Waals surface area contributed by atoms with E-state index in [9.17, 15) is 0 Å². The molecule has 0 fully saturated rings. The van der Waals surface area contributed by atoms with Gasteiger partial charge in [-0.2, -0.15) is 0 Å². The Morgan fingerprint density at radius 3 is 2.58 bits per heavy atom. The molecular formula is C16H15BrO2. The maximum absolute atomic E-state index is 6.14. The minimum absolute atomic E-state index is 0.0550. The van der Waals surface area contributed by atoms with Crippen molar-refractivity contribution < 1.29 is 9.47 Å². The number of rotatable bonds is 2. The first-order valence-corrected chi connectivity index (χ1v) is 7.09. The molecular weight excluding hydrogens is 304 g/mol. The zero-order valence-electron chi connectivity index (χ0n) is 10.9. The van der Waals surface area contributed by atoms with Gasteiger partial charge in [0.1, 0.15) is 6.10 Å². The second-order valence-electron chi connectivity index (χ2n) is 4.76. The number of ether oxygens (including phenoxy) is 2. The van der Waals surface area contributed by atoms with E-state index in [0.29, 0.717) is 5.92 Å². The molecule has 2 nitrogen and oxygen atoms in total. The fraction of sp³-hybridized carbons (Fsp3) is 0.250. The summed E-state index contributed by atoms with van der Waals surface area (Å²) in [6.07, 6.45) is 0.0550. The fourth-order valence-electron chi connectivity index (χ4n) is 2.60. The van der Waals surface area contributed by atoms with E-state index in [2.05, 4.69) is 41.1 Å². The SMILES string of the molecule is COc1cc(Br)cc2c1O[C@H](c1ccccc1)[C@H]2C. The topological polar surface area (TPSA) is 18.5 Å². The molecule has 2 aromatic carbocycles. The van der Waals surface area contributed by atoms with Crippen LogP contribution in [0.3, 0.4) is 0 Å². The Labute approximate surface area is 121 Å². The normalized spacial score (nSPS) is 20.8. The summed E-state index contributed by atoms with van der Waals surface area (Å²) in [6, 6.07) is 14.4. The van der Waals surface area contributed by atoms with E-state index in [4.69, 9.17) is 9.47 Å². The van der Waals surface area contributed by atoms with Crippen molar-refractivity contribution >= 4 is 15.9 Å². The summed E-state index contributed by atoms with van der Waals surface area (Å²) in [5, 5.41) is 0. The van der Waals surface area contributed by atoms with Crippen molar-refractivity contribution in [3.8, 4) is 11.5 Å². The van der Waals surface area contributed by atoms with Crippen molar-refractivity contribution in [3.63, 3.8) is 0 Å². The van der Waals surface area contributed by atoms with Crippen LogP contribution in [0.2, 0.25) is 0 Å². The molecule has 0 amide bonds. The van der Waals surface area contributed by atoms with Gasteiger partial charge in [0.25, 0.3) is 0 Å². The number of halogens is 1. The highest BCUT2D eigenvalue weighted by atomic mass is 79.9. The predicted molar refractivity (Wildman–Crippen MR) is 78.9 cm³/mol. The van der Waals surface area contributed by atoms with Gasteiger partial charge in [0.2, 0.25) is 0 Å². The second kappa shape index (κ2) is 4.89. The lowest BCUT2D eigenvalue weighted by molar-refractivity contribution is 0.208. The summed E-state index contributed by atoms with van der Waals surface area (Å²) in [5.74, 6) is 1.96. The molecule has 0 unspecified atom stereocenters. The molecule has 0 aromatic heterocycles. The summed E-state index contributed by atoms with van der Waals surface area (Å²) >= 11 is 3.52. The van der Waals surface area contributed by atoms with Gasteiger partial charge in [0, 0.05) is 16.0 Å². The highest BCUT2D eigenvalue weighted by molar-refractivity contribution is 9.10. The molecule has 0 N–H and O–H groups in total. The highest BCUT2D eigenvalue weighted by Crippen LogP contribution is 2.51. The Morgan fingerprint density at radius 2 is 1.89 bits per heavy atom. The maximum Gasteiger partial charge on any atom is 0.165 e. The van der Waals surface area contributed by atoms with E-state index < -0.39 is 0 Å². The number of benzene rings is 2. The molecule has 0 aliphatic carbocycles. The van der Waals surface area contributed by atoms with Crippen LogP contribution in [0.1, 0.15) is 30.1 Å². The van der Waals surface area contributed by atoms with Crippen LogP contribution in [0.25, 0.3) is 0 Å². The Hall–Kier alpha value is -1.48. The van der Waals surface area contributed by atoms with E-state index in [1.54, 1.807) is 7.11 Å². The summed E-state index contributed by atoms with van der Waals surface area (Å²) in [5.41, 5.74) is 2.39. The van der Waals surface area contributed by atoms with E-state index >= 15 is 0 Å². The van der Waals surface area contributed by atoms with Crippen molar-refractivity contribution in [3.05, 3.63) is 58.1 Å². The second-order valence-corrected chi connectivity index (χ2v) is 5.68. The summed E-state index contributed by atoms with van der Waals surface area (Å²) < 4.78 is 12.6. The standard InChI is InChI=1S/C16H15BrO2/c1-10-13-8-12(17)9-14(18-2)16(13)19-15(10)11-6-4-3-5-7-11/h3-10,15H,1-2H3/t10-,15-/m0/s1. The first kappa shape index (κ1) is 12.5. The quantitative estimate of drug-likeness (QED) is 0.799. The van der Waals surface area contributed by atoms with Crippen LogP contribution >= 0.6 is 15.9 Å². The van der Waals surface area contributed by atoms with Gasteiger partial charge in [-0.25, -0.2) is 0 Å². The average molecular weight is 319 g/mol. The summed E-state index contributed by atoms with van der Waals surface area (Å²) in [7, 11) is 1.67. The predicted octanol–water partition coefficient (Wildman–Crippen LogP) is 4.69. The highest BCUT2D eigenvalue weighted by Gasteiger charge is 2.34. The van der Waals surface area contributed by atoms with E-state index in [1.165, 1.54) is 11.1 Å². The van der Waals surface area contributed by atoms with Gasteiger partial charge in [0.05, 0.1) is 7.11 Å². The zero-order valence-corrected chi connectivity index (χ0v) is 12.5. The third kappa shape index (κ3) is 2.12. The van der Waals surface area contributed by atoms with Crippen LogP contribution in [0.5, 0.6) is 11.5 Å². The molecule has 0 saturated carbocycles. The number of fused-ring (bicyclic) bond motifs is 1. The van der Waals surface area contributed by atoms with Crippen LogP contribution in [-0.4, -0.2) is 7.11 Å². The van der Waals surface area contributed by atoms with Gasteiger partial charge < -0.3 is 9.47 Å². The minimum atomic E-state index is 0.0550. The average Bonchev–Trinajstić information content (AvgIpc) is 2.76. The van der Waals surface area contributed by atoms with E-state index in [0.717, 1.165) is 16.0 Å². The Bertz CT molecular complexity index is 595. The zero-order chi connectivity index (χ0) is 13.4. The van der Waals surface area contributed by atoms with Gasteiger partial charge in [-0.05, 0) is 17.7 Å². The van der Waals surface area contributed by atoms with E-state index in [-0.39, 0.29) is 6.10 Å². The van der Waals surface area contributed by atoms with Crippen molar-refractivity contribution in [2.24, 2.45) is 0 Å². The molecule has 2 atom stereocenters. The molecule has 0 saturated heterocycles. The lowest BCUT2D eigenvalue weighted by Crippen LogP contribution is -2.06. The Morgan fingerprint density at radius 1 is 1.16 bits per heavy atom. The molecule has 1 aliphatic heterocycles. The third-order valence-electron chi connectivity index (χ3n) is 3.59. The lowest BCUT2D eigenvalue weighted by Gasteiger charge is -2.15. The maximum atomic E-state index is 6.14. The number of hydrogen-bond acceptors (Lipinski definition) is 2. The van der Waals surface area contributed by atoms with Crippen molar-refractivity contribution in [2.75, 3.05) is 7.11 Å². The van der Waals surface area contributed by atoms with Crippen LogP contribution in [0, 0.1) is 0 Å². The Balaban J connectivity index is 2.04. The minimum Gasteiger partial charge on any atom is -0.493 e. The van der Waals surface area contributed by atoms with Crippen molar-refractivity contribution in [1.82, 2.24) is 0 Å². The summed E-state index contributed by atoms with van der Waals surface area (Å²) in [6.45, 7) is 2.19. The molecule has 1 aliphatic rings. The summed E-state index contributed by atoms with van der Waals surface area (Å²) in [4.78, 5) is 0. The fourth-order valence-corrected chi connectivity index (χ4v) is 3.05. The Kier molecular flexibility index (Phi) is 3.23. The van der Waals surface area contributed by atoms with Gasteiger partial charge in [-0.1, -0.05) is 53.2 Å². The molecule has 19 heavy (non-hydrogen) atoms. The lowest BCUT2D eigenvalue weighted by atomic mass is 9.93. The number of methoxy groups -OCH3 is 1. The molecule has 0 radical (unpaired) electrons. The van der Waals surface area contributed by atoms with Crippen molar-refractivity contribution in [1.29, 1.82) is 0 Å². The molecule has 2 aromatic rings. The largest absolute Gasteiger partial charge is 0.493 e. The van der Waals surface area contributed by atoms with Crippen LogP contribution < -0.4 is 9.47 Å². The van der Waals surface area contributed by atoms with Crippen LogP contribution in [-0.2, 0) is 0 Å². The first-order chi connectivity index (χ1) is 9.20. The van der Waals surface area contributed by atoms with Crippen molar-refractivity contribution in [2.45, 2.75) is 18.9 Å². The molecule has 0 bridgehead atoms. The smallest absolute Gasteiger partial charge is 0.165 e. The van der Waals surface area contributed by atoms with Gasteiger partial charge in [-0.3, -0.25) is 0 Å². The number of hydrogen-bond donors (Lipinski definition) is 0. The molecule has 98 valence electrons. The van der Waals surface area contributed by atoms with Crippen LogP contribution in [0.4, 0.5) is 0 Å². The molecule has 0 spiro atoms. The van der Waals surface area contributed by atoms with E-state index in [1.807, 2.05) is 24.3 Å². The van der Waals surface area contributed by atoms with Gasteiger partial charge in [0.15, 0.2) is 11.5 Å². The van der Waals surface area contributed by atoms with Crippen LogP contribution in [0.15, 0.2) is 46.9 Å². The van der Waals surface area contributed by atoms with Gasteiger partial charge in [-0.15, -0.1) is 0 Å². The first-order valence-electron chi connectivity index (χ1n) is 6.29. The van der Waals surface area contributed by atoms with Gasteiger partial charge >= 0.3 is 0 Å². The third-order valence-corrected chi connectivity index (χ3v) is 4.04.